The number of rotatable bonds is 4. The Hall–Kier alpha value is -1.62. The number of ether oxygens (including phenoxy) is 1. The molecule has 2 aromatic rings. The highest BCUT2D eigenvalue weighted by Crippen LogP contribution is 2.15. The topological polar surface area (TPSA) is 76.8 Å². The minimum Gasteiger partial charge on any atom is -0.481 e. The number of aromatic nitrogens is 3. The van der Waals surface area contributed by atoms with E-state index in [1.165, 1.54) is 0 Å². The molecular weight excluding hydrogens is 216 g/mol. The van der Waals surface area contributed by atoms with Crippen LogP contribution >= 0.6 is 0 Å². The molecule has 3 N–H and O–H groups in total. The maximum Gasteiger partial charge on any atom is 0.215 e. The second-order valence-corrected chi connectivity index (χ2v) is 4.52. The summed E-state index contributed by atoms with van der Waals surface area (Å²) in [5.74, 6) is 1.89. The number of aromatic amines is 1. The Morgan fingerprint density at radius 2 is 2.12 bits per heavy atom. The van der Waals surface area contributed by atoms with Crippen molar-refractivity contribution in [2.45, 2.75) is 26.3 Å². The average Bonchev–Trinajstić information content (AvgIpc) is 2.69. The highest BCUT2D eigenvalue weighted by molar-refractivity contribution is 5.71. The van der Waals surface area contributed by atoms with Gasteiger partial charge in [-0.2, -0.15) is 4.98 Å². The van der Waals surface area contributed by atoms with Crippen molar-refractivity contribution in [3.63, 3.8) is 0 Å². The van der Waals surface area contributed by atoms with E-state index in [2.05, 4.69) is 28.8 Å². The summed E-state index contributed by atoms with van der Waals surface area (Å²) in [5.41, 5.74) is 7.61. The third-order valence-corrected chi connectivity index (χ3v) is 2.86. The van der Waals surface area contributed by atoms with Crippen molar-refractivity contribution in [1.29, 1.82) is 0 Å². The Balaban J connectivity index is 2.25. The average molecular weight is 234 g/mol. The molecule has 1 unspecified atom stereocenters. The Labute approximate surface area is 100 Å². The lowest BCUT2D eigenvalue weighted by atomic mass is 10.0. The van der Waals surface area contributed by atoms with Gasteiger partial charge in [-0.1, -0.05) is 13.8 Å². The number of nitrogens with zero attached hydrogens (tertiary/aromatic N) is 2. The van der Waals surface area contributed by atoms with Crippen LogP contribution in [0.3, 0.4) is 0 Å². The van der Waals surface area contributed by atoms with Crippen molar-refractivity contribution in [1.82, 2.24) is 15.0 Å². The van der Waals surface area contributed by atoms with E-state index in [0.29, 0.717) is 17.4 Å². The smallest absolute Gasteiger partial charge is 0.215 e. The predicted molar refractivity (Wildman–Crippen MR) is 67.0 cm³/mol. The van der Waals surface area contributed by atoms with Gasteiger partial charge in [0.25, 0.3) is 0 Å². The lowest BCUT2D eigenvalue weighted by molar-refractivity contribution is 0.399. The fraction of sp³-hybridized carbons (Fsp3) is 0.500. The third kappa shape index (κ3) is 2.55. The maximum atomic E-state index is 6.02. The molecule has 0 aliphatic rings. The van der Waals surface area contributed by atoms with Crippen LogP contribution in [-0.2, 0) is 6.42 Å². The summed E-state index contributed by atoms with van der Waals surface area (Å²) < 4.78 is 5.06. The van der Waals surface area contributed by atoms with Crippen molar-refractivity contribution in [2.75, 3.05) is 7.11 Å². The van der Waals surface area contributed by atoms with E-state index in [9.17, 15) is 0 Å². The number of methoxy groups -OCH3 is 1. The molecule has 0 aliphatic carbocycles. The van der Waals surface area contributed by atoms with Gasteiger partial charge in [0.05, 0.1) is 12.6 Å². The van der Waals surface area contributed by atoms with Crippen LogP contribution in [0.2, 0.25) is 0 Å². The molecule has 0 spiro atoms. The van der Waals surface area contributed by atoms with E-state index >= 15 is 0 Å². The first-order valence-corrected chi connectivity index (χ1v) is 5.75. The van der Waals surface area contributed by atoms with Crippen LogP contribution < -0.4 is 10.5 Å². The van der Waals surface area contributed by atoms with E-state index in [4.69, 9.17) is 10.5 Å². The number of imidazole rings is 1. The summed E-state index contributed by atoms with van der Waals surface area (Å²) in [5, 5.41) is 0. The second kappa shape index (κ2) is 4.71. The van der Waals surface area contributed by atoms with Crippen LogP contribution in [-0.4, -0.2) is 28.1 Å². The molecule has 17 heavy (non-hydrogen) atoms. The first-order chi connectivity index (χ1) is 8.10. The minimum atomic E-state index is 0.109. The quantitative estimate of drug-likeness (QED) is 0.840. The predicted octanol–water partition coefficient (Wildman–Crippen LogP) is 1.49. The zero-order valence-electron chi connectivity index (χ0n) is 10.4. The summed E-state index contributed by atoms with van der Waals surface area (Å²) in [6.07, 6.45) is 0.732. The third-order valence-electron chi connectivity index (χ3n) is 2.86. The van der Waals surface area contributed by atoms with E-state index in [1.54, 1.807) is 7.11 Å². The molecule has 0 fully saturated rings. The van der Waals surface area contributed by atoms with Crippen molar-refractivity contribution in [3.8, 4) is 5.88 Å². The molecule has 2 rings (SSSR count). The minimum absolute atomic E-state index is 0.109. The van der Waals surface area contributed by atoms with Gasteiger partial charge < -0.3 is 15.5 Å². The zero-order chi connectivity index (χ0) is 12.4. The molecule has 92 valence electrons. The molecule has 0 aliphatic heterocycles. The van der Waals surface area contributed by atoms with Crippen molar-refractivity contribution in [3.05, 3.63) is 18.0 Å². The first-order valence-electron chi connectivity index (χ1n) is 5.75. The molecule has 5 heteroatoms. The highest BCUT2D eigenvalue weighted by atomic mass is 16.5. The van der Waals surface area contributed by atoms with E-state index in [-0.39, 0.29) is 6.04 Å². The molecule has 0 bridgehead atoms. The maximum absolute atomic E-state index is 6.02. The number of hydrogen-bond acceptors (Lipinski definition) is 4. The lowest BCUT2D eigenvalue weighted by Crippen LogP contribution is -2.29. The molecule has 2 heterocycles. The molecule has 0 aromatic carbocycles. The van der Waals surface area contributed by atoms with Crippen molar-refractivity contribution in [2.24, 2.45) is 11.7 Å². The molecule has 0 amide bonds. The van der Waals surface area contributed by atoms with E-state index < -0.39 is 0 Å². The Morgan fingerprint density at radius 1 is 1.35 bits per heavy atom. The van der Waals surface area contributed by atoms with Gasteiger partial charge in [0.1, 0.15) is 5.82 Å². The van der Waals surface area contributed by atoms with Crippen molar-refractivity contribution >= 4 is 11.2 Å². The van der Waals surface area contributed by atoms with Gasteiger partial charge in [-0.3, -0.25) is 0 Å². The Kier molecular flexibility index (Phi) is 3.28. The van der Waals surface area contributed by atoms with Crippen LogP contribution in [0.5, 0.6) is 5.88 Å². The van der Waals surface area contributed by atoms with E-state index in [1.807, 2.05) is 12.1 Å². The summed E-state index contributed by atoms with van der Waals surface area (Å²) in [6, 6.07) is 3.84. The molecule has 0 saturated carbocycles. The SMILES string of the molecule is COc1ccc2[nH]c(CC(N)C(C)C)nc2n1. The Morgan fingerprint density at radius 3 is 2.76 bits per heavy atom. The van der Waals surface area contributed by atoms with E-state index in [0.717, 1.165) is 17.8 Å². The largest absolute Gasteiger partial charge is 0.481 e. The summed E-state index contributed by atoms with van der Waals surface area (Å²) in [4.78, 5) is 11.9. The van der Waals surface area contributed by atoms with Crippen molar-refractivity contribution < 1.29 is 4.74 Å². The number of fused-ring (bicyclic) bond motifs is 1. The normalized spacial score (nSPS) is 13.2. The fourth-order valence-electron chi connectivity index (χ4n) is 1.59. The van der Waals surface area contributed by atoms with Crippen LogP contribution in [0.4, 0.5) is 0 Å². The lowest BCUT2D eigenvalue weighted by Gasteiger charge is -2.13. The summed E-state index contributed by atoms with van der Waals surface area (Å²) in [7, 11) is 1.59. The van der Waals surface area contributed by atoms with Gasteiger partial charge >= 0.3 is 0 Å². The van der Waals surface area contributed by atoms with Gasteiger partial charge in [0.15, 0.2) is 5.65 Å². The van der Waals surface area contributed by atoms with Gasteiger partial charge in [0.2, 0.25) is 5.88 Å². The molecule has 5 nitrogen and oxygen atoms in total. The second-order valence-electron chi connectivity index (χ2n) is 4.52. The van der Waals surface area contributed by atoms with Crippen LogP contribution in [0.15, 0.2) is 12.1 Å². The molecule has 2 aromatic heterocycles. The Bertz CT molecular complexity index is 506. The number of nitrogens with two attached hydrogens (primary N) is 1. The zero-order valence-corrected chi connectivity index (χ0v) is 10.4. The number of hydrogen-bond donors (Lipinski definition) is 2. The van der Waals surface area contributed by atoms with Gasteiger partial charge in [0, 0.05) is 18.5 Å². The van der Waals surface area contributed by atoms with Crippen LogP contribution in [0, 0.1) is 5.92 Å². The standard InChI is InChI=1S/C12H18N4O/c1-7(2)8(13)6-10-14-9-4-5-11(17-3)16-12(9)15-10/h4-5,7-8H,6,13H2,1-3H3,(H,14,15,16). The van der Waals surface area contributed by atoms with Crippen LogP contribution in [0.1, 0.15) is 19.7 Å². The number of H-pyrrole nitrogens is 1. The van der Waals surface area contributed by atoms with Gasteiger partial charge in [-0.05, 0) is 12.0 Å². The number of pyridine rings is 1. The highest BCUT2D eigenvalue weighted by Gasteiger charge is 2.12. The first kappa shape index (κ1) is 11.9. The monoisotopic (exact) mass is 234 g/mol. The number of nitrogens with one attached hydrogen (secondary N) is 1. The fourth-order valence-corrected chi connectivity index (χ4v) is 1.59. The molecular formula is C12H18N4O. The summed E-state index contributed by atoms with van der Waals surface area (Å²) in [6.45, 7) is 4.21. The summed E-state index contributed by atoms with van der Waals surface area (Å²) >= 11 is 0. The molecule has 0 saturated heterocycles. The molecule has 1 atom stereocenters. The molecule has 0 radical (unpaired) electrons. The van der Waals surface area contributed by atoms with Gasteiger partial charge in [-0.25, -0.2) is 4.98 Å². The van der Waals surface area contributed by atoms with Gasteiger partial charge in [-0.15, -0.1) is 0 Å². The van der Waals surface area contributed by atoms with Crippen LogP contribution in [0.25, 0.3) is 11.2 Å².